The summed E-state index contributed by atoms with van der Waals surface area (Å²) in [4.78, 5) is 23.7. The van der Waals surface area contributed by atoms with E-state index in [0.29, 0.717) is 52.0 Å². The number of carbonyl (C=O) groups is 1. The van der Waals surface area contributed by atoms with Gasteiger partial charge in [-0.15, -0.1) is 0 Å². The summed E-state index contributed by atoms with van der Waals surface area (Å²) >= 11 is 1.22. The van der Waals surface area contributed by atoms with E-state index in [4.69, 9.17) is 4.98 Å². The smallest absolute Gasteiger partial charge is 0.189 e. The molecule has 4 aromatic rings. The number of nitriles is 1. The minimum Gasteiger partial charge on any atom is -0.349 e. The molecule has 0 atom stereocenters. The van der Waals surface area contributed by atoms with E-state index in [-0.39, 0.29) is 11.6 Å². The van der Waals surface area contributed by atoms with Crippen molar-refractivity contribution < 1.29 is 9.18 Å². The van der Waals surface area contributed by atoms with Gasteiger partial charge in [0, 0.05) is 24.7 Å². The first-order valence-corrected chi connectivity index (χ1v) is 11.5. The summed E-state index contributed by atoms with van der Waals surface area (Å²) in [7, 11) is 0. The standard InChI is InChI=1S/C23H20FN7OS/c1-2-17-21(22-26-19(9-11-31(22)29-17)30-10-3-4-16(32)13-30)28-23-27-20(18(12-25)33-23)14-5-7-15(24)8-6-14/h5-9,11H,2-4,10,13H2,1H3,(H,27,28). The SMILES string of the molecule is CCc1nn2ccc(N3CCCC(=O)C3)nc2c1Nc1nc(-c2ccc(F)cc2)c(C#N)s1. The van der Waals surface area contributed by atoms with Gasteiger partial charge in [-0.1, -0.05) is 18.3 Å². The Labute approximate surface area is 193 Å². The fourth-order valence-corrected chi connectivity index (χ4v) is 4.70. The third kappa shape index (κ3) is 4.03. The molecule has 5 rings (SSSR count). The Morgan fingerprint density at radius 2 is 2.06 bits per heavy atom. The van der Waals surface area contributed by atoms with E-state index in [2.05, 4.69) is 21.5 Å². The van der Waals surface area contributed by atoms with Gasteiger partial charge in [-0.3, -0.25) is 4.79 Å². The lowest BCUT2D eigenvalue weighted by atomic mass is 10.1. The fourth-order valence-electron chi connectivity index (χ4n) is 3.91. The first kappa shape index (κ1) is 21.0. The summed E-state index contributed by atoms with van der Waals surface area (Å²) in [5.41, 5.74) is 3.32. The number of hydrogen-bond donors (Lipinski definition) is 1. The van der Waals surface area contributed by atoms with Crippen molar-refractivity contribution in [1.82, 2.24) is 19.6 Å². The molecule has 1 saturated heterocycles. The highest BCUT2D eigenvalue weighted by Crippen LogP contribution is 2.34. The van der Waals surface area contributed by atoms with Crippen LogP contribution in [0.15, 0.2) is 36.5 Å². The first-order chi connectivity index (χ1) is 16.1. The van der Waals surface area contributed by atoms with E-state index in [1.54, 1.807) is 16.6 Å². The van der Waals surface area contributed by atoms with Gasteiger partial charge < -0.3 is 10.2 Å². The van der Waals surface area contributed by atoms with Gasteiger partial charge in [0.25, 0.3) is 0 Å². The monoisotopic (exact) mass is 461 g/mol. The number of benzene rings is 1. The maximum absolute atomic E-state index is 13.3. The fraction of sp³-hybridized carbons (Fsp3) is 0.261. The van der Waals surface area contributed by atoms with Crippen molar-refractivity contribution in [2.45, 2.75) is 26.2 Å². The molecule has 0 unspecified atom stereocenters. The highest BCUT2D eigenvalue weighted by molar-refractivity contribution is 7.16. The number of fused-ring (bicyclic) bond motifs is 1. The molecule has 1 N–H and O–H groups in total. The van der Waals surface area contributed by atoms with Crippen molar-refractivity contribution >= 4 is 39.4 Å². The number of Topliss-reactive ketones (excluding diaryl/α,β-unsaturated/α-hetero) is 1. The summed E-state index contributed by atoms with van der Waals surface area (Å²) in [5, 5.41) is 18.1. The van der Waals surface area contributed by atoms with Crippen molar-refractivity contribution in [3.8, 4) is 17.3 Å². The molecule has 3 aromatic heterocycles. The van der Waals surface area contributed by atoms with Crippen molar-refractivity contribution in [3.05, 3.63) is 52.9 Å². The quantitative estimate of drug-likeness (QED) is 0.472. The lowest BCUT2D eigenvalue weighted by Crippen LogP contribution is -2.36. The zero-order valence-electron chi connectivity index (χ0n) is 17.9. The summed E-state index contributed by atoms with van der Waals surface area (Å²) in [6.07, 6.45) is 3.94. The summed E-state index contributed by atoms with van der Waals surface area (Å²) in [6.45, 7) is 3.15. The van der Waals surface area contributed by atoms with Gasteiger partial charge in [-0.2, -0.15) is 10.4 Å². The van der Waals surface area contributed by atoms with Crippen molar-refractivity contribution in [1.29, 1.82) is 5.26 Å². The average Bonchev–Trinajstić information content (AvgIpc) is 3.40. The van der Waals surface area contributed by atoms with Crippen LogP contribution < -0.4 is 10.2 Å². The molecule has 8 nitrogen and oxygen atoms in total. The summed E-state index contributed by atoms with van der Waals surface area (Å²) < 4.78 is 15.0. The number of rotatable bonds is 5. The molecule has 1 aliphatic heterocycles. The number of nitrogens with zero attached hydrogens (tertiary/aromatic N) is 6. The molecular weight excluding hydrogens is 441 g/mol. The van der Waals surface area contributed by atoms with Crippen LogP contribution in [0.5, 0.6) is 0 Å². The molecule has 1 aromatic carbocycles. The predicted molar refractivity (Wildman–Crippen MR) is 124 cm³/mol. The maximum atomic E-state index is 13.3. The topological polar surface area (TPSA) is 99.2 Å². The van der Waals surface area contributed by atoms with Crippen LogP contribution in [0.4, 0.5) is 21.0 Å². The number of carbonyl (C=O) groups excluding carboxylic acids is 1. The van der Waals surface area contributed by atoms with Gasteiger partial charge in [0.15, 0.2) is 16.6 Å². The third-order valence-electron chi connectivity index (χ3n) is 5.53. The maximum Gasteiger partial charge on any atom is 0.189 e. The molecule has 1 fully saturated rings. The van der Waals surface area contributed by atoms with Gasteiger partial charge in [0.1, 0.15) is 34.0 Å². The minimum absolute atomic E-state index is 0.212. The second-order valence-corrected chi connectivity index (χ2v) is 8.73. The lowest BCUT2D eigenvalue weighted by molar-refractivity contribution is -0.118. The van der Waals surface area contributed by atoms with E-state index in [0.717, 1.165) is 24.5 Å². The molecule has 10 heteroatoms. The molecule has 4 heterocycles. The average molecular weight is 462 g/mol. The Balaban J connectivity index is 1.53. The lowest BCUT2D eigenvalue weighted by Gasteiger charge is -2.26. The number of thiazole rings is 1. The van der Waals surface area contributed by atoms with Crippen LogP contribution >= 0.6 is 11.3 Å². The Morgan fingerprint density at radius 3 is 2.79 bits per heavy atom. The Kier molecular flexibility index (Phi) is 5.48. The molecular formula is C23H20FN7OS. The van der Waals surface area contributed by atoms with E-state index >= 15 is 0 Å². The molecule has 0 amide bonds. The second kappa shape index (κ2) is 8.60. The number of ketones is 1. The Hall–Kier alpha value is -3.84. The predicted octanol–water partition coefficient (Wildman–Crippen LogP) is 4.34. The van der Waals surface area contributed by atoms with Crippen LogP contribution in [0, 0.1) is 17.1 Å². The largest absolute Gasteiger partial charge is 0.349 e. The van der Waals surface area contributed by atoms with Gasteiger partial charge >= 0.3 is 0 Å². The number of halogens is 1. The van der Waals surface area contributed by atoms with Gasteiger partial charge in [-0.05, 0) is 43.2 Å². The first-order valence-electron chi connectivity index (χ1n) is 10.6. The number of hydrogen-bond acceptors (Lipinski definition) is 8. The van der Waals surface area contributed by atoms with Crippen LogP contribution in [-0.4, -0.2) is 38.5 Å². The van der Waals surface area contributed by atoms with Crippen LogP contribution in [0.1, 0.15) is 30.3 Å². The van der Waals surface area contributed by atoms with Crippen LogP contribution in [0.3, 0.4) is 0 Å². The van der Waals surface area contributed by atoms with Crippen LogP contribution in [-0.2, 0) is 11.2 Å². The molecule has 0 radical (unpaired) electrons. The number of anilines is 3. The highest BCUT2D eigenvalue weighted by atomic mass is 32.1. The van der Waals surface area contributed by atoms with Gasteiger partial charge in [0.2, 0.25) is 0 Å². The Bertz CT molecular complexity index is 1390. The third-order valence-corrected chi connectivity index (χ3v) is 6.41. The van der Waals surface area contributed by atoms with Crippen LogP contribution in [0.2, 0.25) is 0 Å². The highest BCUT2D eigenvalue weighted by Gasteiger charge is 2.21. The Morgan fingerprint density at radius 1 is 1.24 bits per heavy atom. The molecule has 0 spiro atoms. The zero-order chi connectivity index (χ0) is 22.9. The van der Waals surface area contributed by atoms with E-state index in [1.807, 2.05) is 24.1 Å². The van der Waals surface area contributed by atoms with Gasteiger partial charge in [0.05, 0.1) is 12.2 Å². The molecule has 166 valence electrons. The minimum atomic E-state index is -0.345. The van der Waals surface area contributed by atoms with Crippen molar-refractivity contribution in [3.63, 3.8) is 0 Å². The summed E-state index contributed by atoms with van der Waals surface area (Å²) in [5.74, 6) is 0.594. The molecule has 33 heavy (non-hydrogen) atoms. The zero-order valence-corrected chi connectivity index (χ0v) is 18.7. The molecule has 0 aliphatic carbocycles. The van der Waals surface area contributed by atoms with E-state index in [9.17, 15) is 14.4 Å². The van der Waals surface area contributed by atoms with Gasteiger partial charge in [-0.25, -0.2) is 18.9 Å². The summed E-state index contributed by atoms with van der Waals surface area (Å²) in [6, 6.07) is 9.95. The van der Waals surface area contributed by atoms with E-state index in [1.165, 1.54) is 23.5 Å². The number of aryl methyl sites for hydroxylation is 1. The molecule has 0 saturated carbocycles. The van der Waals surface area contributed by atoms with Crippen LogP contribution in [0.25, 0.3) is 16.9 Å². The molecule has 1 aliphatic rings. The van der Waals surface area contributed by atoms with Crippen molar-refractivity contribution in [2.75, 3.05) is 23.3 Å². The normalized spacial score (nSPS) is 14.0. The number of nitrogens with one attached hydrogen (secondary N) is 1. The second-order valence-electron chi connectivity index (χ2n) is 7.73. The molecule has 0 bridgehead atoms. The number of piperidine rings is 1. The van der Waals surface area contributed by atoms with E-state index < -0.39 is 0 Å². The van der Waals surface area contributed by atoms with Crippen molar-refractivity contribution in [2.24, 2.45) is 0 Å². The number of aromatic nitrogens is 4.